The molecule has 166 valence electrons. The van der Waals surface area contributed by atoms with Gasteiger partial charge in [0.05, 0.1) is 12.1 Å². The Hall–Kier alpha value is -4.26. The number of para-hydroxylation sites is 1. The van der Waals surface area contributed by atoms with E-state index < -0.39 is 17.6 Å². The Labute approximate surface area is 189 Å². The zero-order valence-electron chi connectivity index (χ0n) is 17.5. The number of halogens is 2. The molecule has 0 atom stereocenters. The van der Waals surface area contributed by atoms with E-state index in [4.69, 9.17) is 9.47 Å². The fourth-order valence-electron chi connectivity index (χ4n) is 3.08. The number of rotatable bonds is 8. The van der Waals surface area contributed by atoms with E-state index in [0.717, 1.165) is 5.75 Å². The summed E-state index contributed by atoms with van der Waals surface area (Å²) < 4.78 is 39.8. The number of hydrogen-bond acceptors (Lipinski definition) is 4. The molecule has 1 aromatic heterocycles. The van der Waals surface area contributed by atoms with Crippen LogP contribution in [0.15, 0.2) is 91.3 Å². The van der Waals surface area contributed by atoms with Crippen molar-refractivity contribution in [2.75, 3.05) is 6.61 Å². The maximum atomic E-state index is 13.4. The smallest absolute Gasteiger partial charge is 0.343 e. The molecule has 0 radical (unpaired) electrons. The predicted molar refractivity (Wildman–Crippen MR) is 120 cm³/mol. The van der Waals surface area contributed by atoms with E-state index in [2.05, 4.69) is 4.98 Å². The summed E-state index contributed by atoms with van der Waals surface area (Å²) in [6.07, 6.45) is 5.00. The first kappa shape index (κ1) is 22.0. The number of esters is 1. The minimum atomic E-state index is -0.670. The minimum absolute atomic E-state index is 0.181. The van der Waals surface area contributed by atoms with Crippen LogP contribution >= 0.6 is 0 Å². The molecule has 0 unspecified atom stereocenters. The second-order valence-electron chi connectivity index (χ2n) is 7.05. The first-order valence-corrected chi connectivity index (χ1v) is 10.2. The standard InChI is InChI=1S/C26H20F2N2O3/c27-21-10-6-19(7-11-21)24(33-26(31)20-8-12-22(28)13-9-20)18-25-29-14-15-30(25)16-17-32-23-4-2-1-3-5-23/h1-15,18H,16-17H2/b24-18+. The van der Waals surface area contributed by atoms with Crippen LogP contribution in [0.1, 0.15) is 21.7 Å². The third-order valence-electron chi connectivity index (χ3n) is 4.76. The Morgan fingerprint density at radius 1 is 0.879 bits per heavy atom. The number of imidazole rings is 1. The SMILES string of the molecule is O=C(O/C(=C/c1nccn1CCOc1ccccc1)c1ccc(F)cc1)c1ccc(F)cc1. The van der Waals surface area contributed by atoms with E-state index in [1.54, 1.807) is 18.5 Å². The lowest BCUT2D eigenvalue weighted by molar-refractivity contribution is 0.0693. The van der Waals surface area contributed by atoms with E-state index >= 15 is 0 Å². The van der Waals surface area contributed by atoms with Crippen molar-refractivity contribution in [3.8, 4) is 5.75 Å². The van der Waals surface area contributed by atoms with Gasteiger partial charge in [-0.2, -0.15) is 0 Å². The van der Waals surface area contributed by atoms with Crippen molar-refractivity contribution in [1.29, 1.82) is 0 Å². The molecule has 0 saturated heterocycles. The number of ether oxygens (including phenoxy) is 2. The molecule has 5 nitrogen and oxygen atoms in total. The Kier molecular flexibility index (Phi) is 6.90. The number of benzene rings is 3. The molecule has 33 heavy (non-hydrogen) atoms. The first-order valence-electron chi connectivity index (χ1n) is 10.2. The highest BCUT2D eigenvalue weighted by molar-refractivity contribution is 5.95. The quantitative estimate of drug-likeness (QED) is 0.261. The molecule has 0 fully saturated rings. The normalized spacial score (nSPS) is 11.3. The summed E-state index contributed by atoms with van der Waals surface area (Å²) in [5.41, 5.74) is 0.672. The molecule has 0 amide bonds. The number of aromatic nitrogens is 2. The molecule has 3 aromatic carbocycles. The lowest BCUT2D eigenvalue weighted by Crippen LogP contribution is -2.10. The van der Waals surface area contributed by atoms with Crippen molar-refractivity contribution in [3.63, 3.8) is 0 Å². The molecule has 0 N–H and O–H groups in total. The summed E-state index contributed by atoms with van der Waals surface area (Å²) >= 11 is 0. The molecule has 7 heteroatoms. The van der Waals surface area contributed by atoms with E-state index in [0.29, 0.717) is 24.5 Å². The van der Waals surface area contributed by atoms with E-state index in [1.807, 2.05) is 34.9 Å². The summed E-state index contributed by atoms with van der Waals surface area (Å²) in [6, 6.07) is 20.0. The Morgan fingerprint density at radius 3 is 2.18 bits per heavy atom. The van der Waals surface area contributed by atoms with Gasteiger partial charge < -0.3 is 14.0 Å². The van der Waals surface area contributed by atoms with Crippen LogP contribution in [0.3, 0.4) is 0 Å². The van der Waals surface area contributed by atoms with Crippen molar-refractivity contribution in [3.05, 3.63) is 120 Å². The van der Waals surface area contributed by atoms with Gasteiger partial charge in [0.1, 0.15) is 35.6 Å². The summed E-state index contributed by atoms with van der Waals surface area (Å²) in [4.78, 5) is 17.0. The van der Waals surface area contributed by atoms with Gasteiger partial charge in [-0.05, 0) is 60.7 Å². The van der Waals surface area contributed by atoms with Gasteiger partial charge in [-0.1, -0.05) is 18.2 Å². The second kappa shape index (κ2) is 10.4. The Morgan fingerprint density at radius 2 is 1.52 bits per heavy atom. The van der Waals surface area contributed by atoms with Gasteiger partial charge in [0.25, 0.3) is 0 Å². The van der Waals surface area contributed by atoms with Crippen molar-refractivity contribution in [2.45, 2.75) is 6.54 Å². The van der Waals surface area contributed by atoms with Crippen molar-refractivity contribution in [2.24, 2.45) is 0 Å². The predicted octanol–water partition coefficient (Wildman–Crippen LogP) is 5.60. The molecule has 4 aromatic rings. The molecule has 0 aliphatic heterocycles. The minimum Gasteiger partial charge on any atom is -0.492 e. The fourth-order valence-corrected chi connectivity index (χ4v) is 3.08. The third kappa shape index (κ3) is 5.92. The van der Waals surface area contributed by atoms with Gasteiger partial charge >= 0.3 is 5.97 Å². The maximum Gasteiger partial charge on any atom is 0.343 e. The molecule has 0 saturated carbocycles. The van der Waals surface area contributed by atoms with Crippen LogP contribution in [-0.2, 0) is 11.3 Å². The summed E-state index contributed by atoms with van der Waals surface area (Å²) in [6.45, 7) is 0.909. The number of carbonyl (C=O) groups is 1. The van der Waals surface area contributed by atoms with E-state index in [9.17, 15) is 13.6 Å². The summed E-state index contributed by atoms with van der Waals surface area (Å²) in [7, 11) is 0. The highest BCUT2D eigenvalue weighted by Gasteiger charge is 2.14. The van der Waals surface area contributed by atoms with Crippen molar-refractivity contribution in [1.82, 2.24) is 9.55 Å². The zero-order valence-corrected chi connectivity index (χ0v) is 17.5. The number of nitrogens with zero attached hydrogens (tertiary/aromatic N) is 2. The van der Waals surface area contributed by atoms with Gasteiger partial charge in [-0.15, -0.1) is 0 Å². The summed E-state index contributed by atoms with van der Waals surface area (Å²) in [5, 5.41) is 0. The lowest BCUT2D eigenvalue weighted by Gasteiger charge is -2.11. The number of hydrogen-bond donors (Lipinski definition) is 0. The molecule has 0 aliphatic carbocycles. The third-order valence-corrected chi connectivity index (χ3v) is 4.76. The zero-order chi connectivity index (χ0) is 23.0. The highest BCUT2D eigenvalue weighted by Crippen LogP contribution is 2.22. The Bertz CT molecular complexity index is 1230. The van der Waals surface area contributed by atoms with E-state index in [1.165, 1.54) is 48.5 Å². The Balaban J connectivity index is 1.56. The van der Waals surface area contributed by atoms with Crippen LogP contribution in [0.25, 0.3) is 11.8 Å². The average Bonchev–Trinajstić information content (AvgIpc) is 3.27. The van der Waals surface area contributed by atoms with Crippen molar-refractivity contribution < 1.29 is 23.0 Å². The van der Waals surface area contributed by atoms with Gasteiger partial charge in [-0.25, -0.2) is 18.6 Å². The van der Waals surface area contributed by atoms with Crippen LogP contribution < -0.4 is 4.74 Å². The van der Waals surface area contributed by atoms with Gasteiger partial charge in [0.2, 0.25) is 0 Å². The molecule has 0 bridgehead atoms. The van der Waals surface area contributed by atoms with Crippen LogP contribution in [0.5, 0.6) is 5.75 Å². The van der Waals surface area contributed by atoms with Crippen LogP contribution in [0.4, 0.5) is 8.78 Å². The van der Waals surface area contributed by atoms with Crippen LogP contribution in [0.2, 0.25) is 0 Å². The lowest BCUT2D eigenvalue weighted by atomic mass is 10.1. The molecule has 0 aliphatic rings. The van der Waals surface area contributed by atoms with Gasteiger partial charge in [0, 0.05) is 24.0 Å². The van der Waals surface area contributed by atoms with E-state index in [-0.39, 0.29) is 11.3 Å². The monoisotopic (exact) mass is 446 g/mol. The van der Waals surface area contributed by atoms with Gasteiger partial charge in [0.15, 0.2) is 0 Å². The highest BCUT2D eigenvalue weighted by atomic mass is 19.1. The van der Waals surface area contributed by atoms with Crippen LogP contribution in [0, 0.1) is 11.6 Å². The maximum absolute atomic E-state index is 13.4. The number of carbonyl (C=O) groups excluding carboxylic acids is 1. The molecular formula is C26H20F2N2O3. The largest absolute Gasteiger partial charge is 0.492 e. The summed E-state index contributed by atoms with van der Waals surface area (Å²) in [5.74, 6) is -0.0761. The van der Waals surface area contributed by atoms with Gasteiger partial charge in [-0.3, -0.25) is 0 Å². The molecular weight excluding hydrogens is 426 g/mol. The molecule has 1 heterocycles. The van der Waals surface area contributed by atoms with Crippen molar-refractivity contribution >= 4 is 17.8 Å². The topological polar surface area (TPSA) is 53.3 Å². The first-order chi connectivity index (χ1) is 16.1. The molecule has 4 rings (SSSR count). The van der Waals surface area contributed by atoms with Crippen LogP contribution in [-0.4, -0.2) is 22.1 Å². The molecule has 0 spiro atoms. The second-order valence-corrected chi connectivity index (χ2v) is 7.05. The average molecular weight is 446 g/mol. The fraction of sp³-hybridized carbons (Fsp3) is 0.0769.